The van der Waals surface area contributed by atoms with Gasteiger partial charge in [-0.3, -0.25) is 14.6 Å². The summed E-state index contributed by atoms with van der Waals surface area (Å²) in [6.45, 7) is 10.7. The second-order valence-corrected chi connectivity index (χ2v) is 6.25. The van der Waals surface area contributed by atoms with Crippen molar-refractivity contribution in [3.63, 3.8) is 0 Å². The third-order valence-electron chi connectivity index (χ3n) is 4.27. The van der Waals surface area contributed by atoms with Crippen LogP contribution in [-0.2, 0) is 14.3 Å². The van der Waals surface area contributed by atoms with Gasteiger partial charge in [0.15, 0.2) is 0 Å². The second-order valence-electron chi connectivity index (χ2n) is 6.25. The van der Waals surface area contributed by atoms with Crippen LogP contribution in [0.5, 0.6) is 0 Å². The smallest absolute Gasteiger partial charge is 0.324 e. The predicted octanol–water partition coefficient (Wildman–Crippen LogP) is -0.0675. The lowest BCUT2D eigenvalue weighted by atomic mass is 10.2. The van der Waals surface area contributed by atoms with Gasteiger partial charge >= 0.3 is 5.97 Å². The van der Waals surface area contributed by atoms with Crippen LogP contribution in [0.1, 0.15) is 20.3 Å². The summed E-state index contributed by atoms with van der Waals surface area (Å²) in [5.41, 5.74) is 0. The van der Waals surface area contributed by atoms with Crippen molar-refractivity contribution in [2.45, 2.75) is 38.4 Å². The molecule has 0 aromatic carbocycles. The van der Waals surface area contributed by atoms with Crippen LogP contribution in [0.2, 0.25) is 0 Å². The largest absolute Gasteiger partial charge is 0.468 e. The number of nitrogens with one attached hydrogen (secondary N) is 1. The lowest BCUT2D eigenvalue weighted by molar-refractivity contribution is -0.143. The van der Waals surface area contributed by atoms with Crippen molar-refractivity contribution in [1.29, 1.82) is 0 Å². The number of ether oxygens (including phenoxy) is 2. The van der Waals surface area contributed by atoms with Crippen molar-refractivity contribution >= 4 is 5.97 Å². The molecule has 1 N–H and O–H groups in total. The molecule has 2 atom stereocenters. The van der Waals surface area contributed by atoms with Gasteiger partial charge in [-0.2, -0.15) is 0 Å². The van der Waals surface area contributed by atoms with E-state index >= 15 is 0 Å². The van der Waals surface area contributed by atoms with Crippen LogP contribution in [0.3, 0.4) is 0 Å². The van der Waals surface area contributed by atoms with Gasteiger partial charge in [-0.25, -0.2) is 0 Å². The maximum absolute atomic E-state index is 11.9. The number of hydrogen-bond acceptors (Lipinski definition) is 6. The van der Waals surface area contributed by atoms with Gasteiger partial charge in [0.1, 0.15) is 6.04 Å². The molecule has 2 fully saturated rings. The normalized spacial score (nSPS) is 26.2. The highest BCUT2D eigenvalue weighted by atomic mass is 16.5. The number of likely N-dealkylation sites (tertiary alicyclic amines) is 1. The van der Waals surface area contributed by atoms with E-state index in [2.05, 4.69) is 29.0 Å². The predicted molar refractivity (Wildman–Crippen MR) is 81.3 cm³/mol. The lowest BCUT2D eigenvalue weighted by Gasteiger charge is -2.32. The van der Waals surface area contributed by atoms with E-state index in [1.807, 2.05) is 0 Å². The minimum absolute atomic E-state index is 0.168. The summed E-state index contributed by atoms with van der Waals surface area (Å²) in [5.74, 6) is -0.168. The summed E-state index contributed by atoms with van der Waals surface area (Å²) in [6.07, 6.45) is 1.18. The van der Waals surface area contributed by atoms with Gasteiger partial charge < -0.3 is 14.8 Å². The van der Waals surface area contributed by atoms with Crippen LogP contribution in [-0.4, -0.2) is 86.9 Å². The first-order valence-corrected chi connectivity index (χ1v) is 7.98. The maximum atomic E-state index is 11.9. The number of nitrogens with zero attached hydrogens (tertiary/aromatic N) is 2. The molecule has 0 spiro atoms. The van der Waals surface area contributed by atoms with Gasteiger partial charge in [0.25, 0.3) is 0 Å². The molecule has 0 aliphatic carbocycles. The highest BCUT2D eigenvalue weighted by Crippen LogP contribution is 2.17. The van der Waals surface area contributed by atoms with Crippen LogP contribution in [0.4, 0.5) is 0 Å². The van der Waals surface area contributed by atoms with Crippen molar-refractivity contribution in [3.8, 4) is 0 Å². The molecule has 2 unspecified atom stereocenters. The third-order valence-corrected chi connectivity index (χ3v) is 4.27. The zero-order valence-corrected chi connectivity index (χ0v) is 13.5. The van der Waals surface area contributed by atoms with Crippen LogP contribution in [0.25, 0.3) is 0 Å². The van der Waals surface area contributed by atoms with Crippen molar-refractivity contribution in [1.82, 2.24) is 15.1 Å². The quantitative estimate of drug-likeness (QED) is 0.693. The summed E-state index contributed by atoms with van der Waals surface area (Å²) in [5, 5.41) is 3.30. The SMILES string of the molecule is COC(=O)C(CN1CCC(N2CCOCC2)C1)NC(C)C. The fourth-order valence-electron chi connectivity index (χ4n) is 3.22. The van der Waals surface area contributed by atoms with Crippen molar-refractivity contribution in [3.05, 3.63) is 0 Å². The molecular formula is C15H29N3O3. The average Bonchev–Trinajstić information content (AvgIpc) is 2.95. The third kappa shape index (κ3) is 4.92. The number of esters is 1. The lowest BCUT2D eigenvalue weighted by Crippen LogP contribution is -2.50. The number of morpholine rings is 1. The molecule has 0 aromatic rings. The Hall–Kier alpha value is -0.690. The zero-order chi connectivity index (χ0) is 15.2. The van der Waals surface area contributed by atoms with Crippen LogP contribution < -0.4 is 5.32 Å². The molecule has 2 aliphatic heterocycles. The Morgan fingerprint density at radius 1 is 1.33 bits per heavy atom. The minimum Gasteiger partial charge on any atom is -0.468 e. The summed E-state index contributed by atoms with van der Waals surface area (Å²) >= 11 is 0. The molecule has 0 amide bonds. The maximum Gasteiger partial charge on any atom is 0.324 e. The van der Waals surface area contributed by atoms with E-state index < -0.39 is 0 Å². The van der Waals surface area contributed by atoms with E-state index in [0.29, 0.717) is 6.04 Å². The van der Waals surface area contributed by atoms with Gasteiger partial charge in [0, 0.05) is 38.3 Å². The summed E-state index contributed by atoms with van der Waals surface area (Å²) in [7, 11) is 1.46. The Kier molecular flexibility index (Phi) is 6.41. The molecule has 21 heavy (non-hydrogen) atoms. The molecular weight excluding hydrogens is 270 g/mol. The molecule has 2 heterocycles. The molecule has 2 saturated heterocycles. The van der Waals surface area contributed by atoms with Gasteiger partial charge in [0.05, 0.1) is 20.3 Å². The molecule has 2 aliphatic rings. The second kappa shape index (κ2) is 8.08. The van der Waals surface area contributed by atoms with Gasteiger partial charge in [-0.05, 0) is 13.0 Å². The Morgan fingerprint density at radius 3 is 2.67 bits per heavy atom. The van der Waals surface area contributed by atoms with E-state index in [1.165, 1.54) is 13.5 Å². The Labute approximate surface area is 127 Å². The first kappa shape index (κ1) is 16.7. The fourth-order valence-corrected chi connectivity index (χ4v) is 3.22. The molecule has 0 aromatic heterocycles. The number of carbonyl (C=O) groups excluding carboxylic acids is 1. The minimum atomic E-state index is -0.238. The van der Waals surface area contributed by atoms with Gasteiger partial charge in [-0.1, -0.05) is 13.8 Å². The van der Waals surface area contributed by atoms with Gasteiger partial charge in [-0.15, -0.1) is 0 Å². The first-order chi connectivity index (χ1) is 10.1. The Bertz CT molecular complexity index is 332. The molecule has 0 saturated carbocycles. The van der Waals surface area contributed by atoms with E-state index in [-0.39, 0.29) is 18.1 Å². The Morgan fingerprint density at radius 2 is 2.05 bits per heavy atom. The van der Waals surface area contributed by atoms with E-state index in [4.69, 9.17) is 9.47 Å². The topological polar surface area (TPSA) is 54.0 Å². The average molecular weight is 299 g/mol. The standard InChI is InChI=1S/C15H29N3O3/c1-12(2)16-14(15(19)20-3)11-17-5-4-13(10-17)18-6-8-21-9-7-18/h12-14,16H,4-11H2,1-3H3. The number of carbonyl (C=O) groups is 1. The molecule has 6 nitrogen and oxygen atoms in total. The molecule has 6 heteroatoms. The highest BCUT2D eigenvalue weighted by Gasteiger charge is 2.31. The fraction of sp³-hybridized carbons (Fsp3) is 0.933. The molecule has 122 valence electrons. The van der Waals surface area contributed by atoms with E-state index in [9.17, 15) is 4.79 Å². The summed E-state index contributed by atoms with van der Waals surface area (Å²) < 4.78 is 10.3. The first-order valence-electron chi connectivity index (χ1n) is 7.98. The van der Waals surface area contributed by atoms with Crippen molar-refractivity contribution in [2.75, 3.05) is 53.0 Å². The Balaban J connectivity index is 1.82. The highest BCUT2D eigenvalue weighted by molar-refractivity contribution is 5.76. The summed E-state index contributed by atoms with van der Waals surface area (Å²) in [4.78, 5) is 16.8. The van der Waals surface area contributed by atoms with E-state index in [1.54, 1.807) is 0 Å². The molecule has 2 rings (SSSR count). The van der Waals surface area contributed by atoms with Gasteiger partial charge in [0.2, 0.25) is 0 Å². The van der Waals surface area contributed by atoms with Crippen LogP contribution in [0, 0.1) is 0 Å². The number of methoxy groups -OCH3 is 1. The zero-order valence-electron chi connectivity index (χ0n) is 13.5. The number of rotatable bonds is 6. The van der Waals surface area contributed by atoms with Crippen molar-refractivity contribution in [2.24, 2.45) is 0 Å². The molecule has 0 radical (unpaired) electrons. The molecule has 0 bridgehead atoms. The van der Waals surface area contributed by atoms with Crippen LogP contribution >= 0.6 is 0 Å². The number of hydrogen-bond donors (Lipinski definition) is 1. The summed E-state index contributed by atoms with van der Waals surface area (Å²) in [6, 6.07) is 0.636. The van der Waals surface area contributed by atoms with E-state index in [0.717, 1.165) is 45.9 Å². The monoisotopic (exact) mass is 299 g/mol. The van der Waals surface area contributed by atoms with Crippen LogP contribution in [0.15, 0.2) is 0 Å². The van der Waals surface area contributed by atoms with Crippen molar-refractivity contribution < 1.29 is 14.3 Å².